The van der Waals surface area contributed by atoms with Gasteiger partial charge in [-0.1, -0.05) is 18.6 Å². The third-order valence-electron chi connectivity index (χ3n) is 3.98. The minimum Gasteiger partial charge on any atom is -0.311 e. The van der Waals surface area contributed by atoms with E-state index < -0.39 is 0 Å². The van der Waals surface area contributed by atoms with Crippen LogP contribution in [0.25, 0.3) is 0 Å². The van der Waals surface area contributed by atoms with E-state index in [9.17, 15) is 0 Å². The van der Waals surface area contributed by atoms with Crippen molar-refractivity contribution in [1.82, 2.24) is 20.3 Å². The quantitative estimate of drug-likeness (QED) is 0.818. The summed E-state index contributed by atoms with van der Waals surface area (Å²) in [6.07, 6.45) is 5.22. The Balaban J connectivity index is 1.72. The normalized spacial score (nSPS) is 29.3. The van der Waals surface area contributed by atoms with Crippen molar-refractivity contribution in [2.24, 2.45) is 11.8 Å². The molecule has 0 amide bonds. The molecular weight excluding hydrogens is 200 g/mol. The van der Waals surface area contributed by atoms with Crippen LogP contribution in [0.15, 0.2) is 0 Å². The van der Waals surface area contributed by atoms with Crippen molar-refractivity contribution in [2.75, 3.05) is 6.54 Å². The molecule has 1 aromatic rings. The van der Waals surface area contributed by atoms with Crippen LogP contribution >= 0.6 is 0 Å². The number of nitrogens with zero attached hydrogens (tertiary/aromatic N) is 3. The molecule has 2 unspecified atom stereocenters. The summed E-state index contributed by atoms with van der Waals surface area (Å²) >= 11 is 0. The van der Waals surface area contributed by atoms with Gasteiger partial charge in [-0.05, 0) is 24.7 Å². The molecule has 4 heteroatoms. The van der Waals surface area contributed by atoms with Crippen molar-refractivity contribution in [1.29, 1.82) is 0 Å². The van der Waals surface area contributed by atoms with E-state index in [0.717, 1.165) is 43.6 Å². The lowest BCUT2D eigenvalue weighted by atomic mass is 10.1. The zero-order valence-electron chi connectivity index (χ0n) is 9.95. The zero-order valence-corrected chi connectivity index (χ0v) is 9.95. The molecular formula is C12H20N4. The highest BCUT2D eigenvalue weighted by atomic mass is 15.4. The van der Waals surface area contributed by atoms with Gasteiger partial charge in [0.25, 0.3) is 0 Å². The predicted octanol–water partition coefficient (Wildman–Crippen LogP) is 1.36. The van der Waals surface area contributed by atoms with E-state index in [-0.39, 0.29) is 0 Å². The second-order valence-corrected chi connectivity index (χ2v) is 5.38. The molecule has 0 bridgehead atoms. The van der Waals surface area contributed by atoms with Crippen LogP contribution in [0.2, 0.25) is 0 Å². The van der Waals surface area contributed by atoms with E-state index in [2.05, 4.69) is 27.2 Å². The third-order valence-corrected chi connectivity index (χ3v) is 3.98. The molecule has 1 aliphatic heterocycles. The highest BCUT2D eigenvalue weighted by molar-refractivity contribution is 5.13. The predicted molar refractivity (Wildman–Crippen MR) is 61.9 cm³/mol. The van der Waals surface area contributed by atoms with E-state index in [4.69, 9.17) is 0 Å². The average molecular weight is 220 g/mol. The average Bonchev–Trinajstić information content (AvgIpc) is 2.87. The van der Waals surface area contributed by atoms with Crippen LogP contribution in [-0.4, -0.2) is 21.5 Å². The largest absolute Gasteiger partial charge is 0.311 e. The van der Waals surface area contributed by atoms with Crippen LogP contribution in [0.5, 0.6) is 0 Å². The standard InChI is InChI=1S/C12H20N4/c1-9-2-3-10(6-9)8-16-12-4-5-13-7-11(12)14-15-16/h9-10,13H,2-8H2,1H3. The maximum atomic E-state index is 4.31. The van der Waals surface area contributed by atoms with Gasteiger partial charge >= 0.3 is 0 Å². The Morgan fingerprint density at radius 2 is 2.38 bits per heavy atom. The minimum atomic E-state index is 0.829. The van der Waals surface area contributed by atoms with Crippen LogP contribution < -0.4 is 5.32 Å². The van der Waals surface area contributed by atoms with Gasteiger partial charge in [-0.25, -0.2) is 4.68 Å². The Morgan fingerprint density at radius 1 is 1.44 bits per heavy atom. The number of hydrogen-bond donors (Lipinski definition) is 1. The molecule has 2 heterocycles. The van der Waals surface area contributed by atoms with Crippen LogP contribution in [-0.2, 0) is 19.5 Å². The van der Waals surface area contributed by atoms with Gasteiger partial charge in [0.2, 0.25) is 0 Å². The number of fused-ring (bicyclic) bond motifs is 1. The van der Waals surface area contributed by atoms with Gasteiger partial charge in [0.15, 0.2) is 0 Å². The summed E-state index contributed by atoms with van der Waals surface area (Å²) in [6, 6.07) is 0. The lowest BCUT2D eigenvalue weighted by Gasteiger charge is -2.15. The molecule has 0 spiro atoms. The van der Waals surface area contributed by atoms with E-state index in [1.807, 2.05) is 0 Å². The summed E-state index contributed by atoms with van der Waals surface area (Å²) in [4.78, 5) is 0. The lowest BCUT2D eigenvalue weighted by Crippen LogP contribution is -2.25. The monoisotopic (exact) mass is 220 g/mol. The molecule has 1 aliphatic carbocycles. The summed E-state index contributed by atoms with van der Waals surface area (Å²) in [7, 11) is 0. The molecule has 4 nitrogen and oxygen atoms in total. The fraction of sp³-hybridized carbons (Fsp3) is 0.833. The topological polar surface area (TPSA) is 42.7 Å². The number of nitrogens with one attached hydrogen (secondary N) is 1. The van der Waals surface area contributed by atoms with Crippen molar-refractivity contribution in [2.45, 2.75) is 45.7 Å². The molecule has 1 N–H and O–H groups in total. The first-order chi connectivity index (χ1) is 7.83. The summed E-state index contributed by atoms with van der Waals surface area (Å²) in [5.41, 5.74) is 2.54. The first kappa shape index (κ1) is 10.3. The molecule has 1 aromatic heterocycles. The maximum absolute atomic E-state index is 4.31. The molecule has 1 saturated carbocycles. The Hall–Kier alpha value is -0.900. The lowest BCUT2D eigenvalue weighted by molar-refractivity contribution is 0.399. The molecule has 2 aliphatic rings. The van der Waals surface area contributed by atoms with Gasteiger partial charge < -0.3 is 5.32 Å². The molecule has 1 fully saturated rings. The van der Waals surface area contributed by atoms with Gasteiger partial charge in [-0.3, -0.25) is 0 Å². The van der Waals surface area contributed by atoms with Crippen molar-refractivity contribution >= 4 is 0 Å². The summed E-state index contributed by atoms with van der Waals surface area (Å²) in [5.74, 6) is 1.74. The molecule has 0 radical (unpaired) electrons. The molecule has 0 aromatic carbocycles. The van der Waals surface area contributed by atoms with E-state index in [1.165, 1.54) is 25.0 Å². The van der Waals surface area contributed by atoms with Gasteiger partial charge in [0.1, 0.15) is 0 Å². The van der Waals surface area contributed by atoms with Crippen LogP contribution in [0, 0.1) is 11.8 Å². The molecule has 3 rings (SSSR count). The molecule has 16 heavy (non-hydrogen) atoms. The fourth-order valence-electron chi connectivity index (χ4n) is 3.08. The second kappa shape index (κ2) is 4.17. The van der Waals surface area contributed by atoms with Crippen molar-refractivity contribution < 1.29 is 0 Å². The summed E-state index contributed by atoms with van der Waals surface area (Å²) in [6.45, 7) is 5.42. The maximum Gasteiger partial charge on any atom is 0.0997 e. The highest BCUT2D eigenvalue weighted by Crippen LogP contribution is 2.31. The zero-order chi connectivity index (χ0) is 11.0. The highest BCUT2D eigenvalue weighted by Gasteiger charge is 2.24. The number of rotatable bonds is 2. The Labute approximate surface area is 96.4 Å². The summed E-state index contributed by atoms with van der Waals surface area (Å²) in [5, 5.41) is 11.9. The van der Waals surface area contributed by atoms with E-state index in [0.29, 0.717) is 0 Å². The molecule has 88 valence electrons. The Morgan fingerprint density at radius 3 is 3.19 bits per heavy atom. The van der Waals surface area contributed by atoms with Crippen LogP contribution in [0.4, 0.5) is 0 Å². The molecule has 2 atom stereocenters. The smallest absolute Gasteiger partial charge is 0.0997 e. The van der Waals surface area contributed by atoms with Crippen molar-refractivity contribution in [3.63, 3.8) is 0 Å². The van der Waals surface area contributed by atoms with Crippen LogP contribution in [0.1, 0.15) is 37.6 Å². The third kappa shape index (κ3) is 1.86. The van der Waals surface area contributed by atoms with Gasteiger partial charge in [-0.15, -0.1) is 5.10 Å². The van der Waals surface area contributed by atoms with E-state index in [1.54, 1.807) is 0 Å². The van der Waals surface area contributed by atoms with Crippen molar-refractivity contribution in [3.8, 4) is 0 Å². The van der Waals surface area contributed by atoms with Gasteiger partial charge in [-0.2, -0.15) is 0 Å². The van der Waals surface area contributed by atoms with E-state index >= 15 is 0 Å². The molecule has 0 saturated heterocycles. The van der Waals surface area contributed by atoms with Crippen LogP contribution in [0.3, 0.4) is 0 Å². The summed E-state index contributed by atoms with van der Waals surface area (Å²) < 4.78 is 2.17. The van der Waals surface area contributed by atoms with Gasteiger partial charge in [0, 0.05) is 26.1 Å². The second-order valence-electron chi connectivity index (χ2n) is 5.38. The first-order valence-electron chi connectivity index (χ1n) is 6.45. The minimum absolute atomic E-state index is 0.829. The number of hydrogen-bond acceptors (Lipinski definition) is 3. The Bertz CT molecular complexity index is 371. The Kier molecular flexibility index (Phi) is 2.67. The fourth-order valence-corrected chi connectivity index (χ4v) is 3.08. The number of aromatic nitrogens is 3. The van der Waals surface area contributed by atoms with Gasteiger partial charge in [0.05, 0.1) is 11.4 Å². The SMILES string of the molecule is CC1CCC(Cn2nnc3c2CCNC3)C1. The van der Waals surface area contributed by atoms with Crippen molar-refractivity contribution in [3.05, 3.63) is 11.4 Å². The first-order valence-corrected chi connectivity index (χ1v) is 6.45.